The van der Waals surface area contributed by atoms with Crippen LogP contribution >= 0.6 is 0 Å². The van der Waals surface area contributed by atoms with Gasteiger partial charge in [0.2, 0.25) is 0 Å². The lowest BCUT2D eigenvalue weighted by Gasteiger charge is -2.10. The van der Waals surface area contributed by atoms with Gasteiger partial charge in [-0.15, -0.1) is 0 Å². The van der Waals surface area contributed by atoms with E-state index in [0.717, 1.165) is 5.56 Å². The minimum atomic E-state index is -0.638. The topological polar surface area (TPSA) is 74.2 Å². The second-order valence-electron chi connectivity index (χ2n) is 5.04. The van der Waals surface area contributed by atoms with Crippen molar-refractivity contribution in [3.63, 3.8) is 0 Å². The lowest BCUT2D eigenvalue weighted by molar-refractivity contribution is 0.0597. The summed E-state index contributed by atoms with van der Waals surface area (Å²) in [5.74, 6) is 0.853. The lowest BCUT2D eigenvalue weighted by Crippen LogP contribution is -2.04. The van der Waals surface area contributed by atoms with Gasteiger partial charge < -0.3 is 24.1 Å². The van der Waals surface area contributed by atoms with Crippen molar-refractivity contribution in [2.45, 2.75) is 0 Å². The van der Waals surface area contributed by atoms with Gasteiger partial charge in [-0.1, -0.05) is 12.2 Å². The summed E-state index contributed by atoms with van der Waals surface area (Å²) in [5, 5.41) is 10.1. The minimum Gasteiger partial charge on any atom is -0.507 e. The van der Waals surface area contributed by atoms with E-state index in [1.807, 2.05) is 6.07 Å². The molecule has 2 aromatic carbocycles. The van der Waals surface area contributed by atoms with Crippen molar-refractivity contribution in [2.75, 3.05) is 28.4 Å². The zero-order valence-corrected chi connectivity index (χ0v) is 14.5. The van der Waals surface area contributed by atoms with Gasteiger partial charge in [-0.3, -0.25) is 0 Å². The van der Waals surface area contributed by atoms with Crippen LogP contribution in [0, 0.1) is 0 Å². The Morgan fingerprint density at radius 2 is 1.56 bits per heavy atom. The highest BCUT2D eigenvalue weighted by molar-refractivity contribution is 5.98. The van der Waals surface area contributed by atoms with E-state index < -0.39 is 5.97 Å². The normalized spacial score (nSPS) is 10.6. The first-order chi connectivity index (χ1) is 12.0. The molecule has 2 aromatic rings. The molecule has 0 fully saturated rings. The van der Waals surface area contributed by atoms with Crippen LogP contribution in [-0.2, 0) is 4.74 Å². The number of hydrogen-bond acceptors (Lipinski definition) is 6. The molecule has 0 saturated heterocycles. The number of hydrogen-bond donors (Lipinski definition) is 1. The molecule has 0 amide bonds. The quantitative estimate of drug-likeness (QED) is 0.640. The molecule has 0 saturated carbocycles. The largest absolute Gasteiger partial charge is 0.507 e. The van der Waals surface area contributed by atoms with Gasteiger partial charge in [0.15, 0.2) is 0 Å². The van der Waals surface area contributed by atoms with E-state index in [4.69, 9.17) is 18.9 Å². The van der Waals surface area contributed by atoms with Gasteiger partial charge in [-0.25, -0.2) is 4.79 Å². The number of esters is 1. The predicted octanol–water partition coefficient (Wildman–Crippen LogP) is 3.38. The number of rotatable bonds is 6. The van der Waals surface area contributed by atoms with Crippen molar-refractivity contribution < 1.29 is 28.8 Å². The molecule has 0 radical (unpaired) electrons. The molecule has 1 N–H and O–H groups in total. The molecule has 0 bridgehead atoms. The van der Waals surface area contributed by atoms with Crippen LogP contribution in [0.5, 0.6) is 23.0 Å². The highest BCUT2D eigenvalue weighted by atomic mass is 16.5. The average Bonchev–Trinajstić information content (AvgIpc) is 2.64. The zero-order valence-electron chi connectivity index (χ0n) is 14.5. The van der Waals surface area contributed by atoms with Crippen LogP contribution in [-0.4, -0.2) is 39.5 Å². The highest BCUT2D eigenvalue weighted by Crippen LogP contribution is 2.31. The molecule has 0 atom stereocenters. The molecule has 0 aromatic heterocycles. The van der Waals surface area contributed by atoms with Gasteiger partial charge in [0.25, 0.3) is 0 Å². The number of benzene rings is 2. The molecule has 132 valence electrons. The Balaban J connectivity index is 2.50. The van der Waals surface area contributed by atoms with Crippen molar-refractivity contribution in [3.05, 3.63) is 47.0 Å². The Labute approximate surface area is 146 Å². The predicted molar refractivity (Wildman–Crippen MR) is 94.5 cm³/mol. The van der Waals surface area contributed by atoms with E-state index in [1.165, 1.54) is 20.3 Å². The van der Waals surface area contributed by atoms with Gasteiger partial charge in [0, 0.05) is 17.7 Å². The fraction of sp³-hybridized carbons (Fsp3) is 0.211. The summed E-state index contributed by atoms with van der Waals surface area (Å²) in [6.45, 7) is 0. The molecule has 0 spiro atoms. The summed E-state index contributed by atoms with van der Waals surface area (Å²) in [4.78, 5) is 12.0. The summed E-state index contributed by atoms with van der Waals surface area (Å²) in [6.07, 6.45) is 3.44. The van der Waals surface area contributed by atoms with E-state index in [9.17, 15) is 9.90 Å². The Morgan fingerprint density at radius 1 is 0.880 bits per heavy atom. The second kappa shape index (κ2) is 8.10. The summed E-state index contributed by atoms with van der Waals surface area (Å²) < 4.78 is 20.4. The standard InChI is InChI=1S/C19H20O6/c1-22-14-8-7-12(17(11-14)24-3)5-6-13-9-15(23-2)10-16(20)18(13)19(21)25-4/h5-11,20H,1-4H3. The minimum absolute atomic E-state index is 0.0621. The third-order valence-electron chi connectivity index (χ3n) is 3.63. The molecule has 0 heterocycles. The number of aromatic hydroxyl groups is 1. The van der Waals surface area contributed by atoms with Crippen molar-refractivity contribution >= 4 is 18.1 Å². The number of methoxy groups -OCH3 is 4. The van der Waals surface area contributed by atoms with Crippen LogP contribution in [0.3, 0.4) is 0 Å². The molecule has 0 aliphatic carbocycles. The number of phenols is 1. The van der Waals surface area contributed by atoms with E-state index >= 15 is 0 Å². The van der Waals surface area contributed by atoms with Crippen LogP contribution in [0.4, 0.5) is 0 Å². The van der Waals surface area contributed by atoms with Gasteiger partial charge >= 0.3 is 5.97 Å². The molecule has 2 rings (SSSR count). The molecular formula is C19H20O6. The van der Waals surface area contributed by atoms with Crippen molar-refractivity contribution in [3.8, 4) is 23.0 Å². The van der Waals surface area contributed by atoms with E-state index in [0.29, 0.717) is 22.8 Å². The van der Waals surface area contributed by atoms with Crippen LogP contribution in [0.15, 0.2) is 30.3 Å². The first-order valence-corrected chi connectivity index (χ1v) is 7.43. The van der Waals surface area contributed by atoms with E-state index in [2.05, 4.69) is 0 Å². The number of ether oxygens (including phenoxy) is 4. The molecule has 0 aliphatic heterocycles. The summed E-state index contributed by atoms with van der Waals surface area (Å²) in [6, 6.07) is 8.37. The lowest BCUT2D eigenvalue weighted by atomic mass is 10.0. The maximum Gasteiger partial charge on any atom is 0.342 e. The Hall–Kier alpha value is -3.15. The maximum atomic E-state index is 12.0. The monoisotopic (exact) mass is 344 g/mol. The molecular weight excluding hydrogens is 324 g/mol. The summed E-state index contributed by atoms with van der Waals surface area (Å²) in [5.41, 5.74) is 1.30. The molecule has 25 heavy (non-hydrogen) atoms. The third-order valence-corrected chi connectivity index (χ3v) is 3.63. The van der Waals surface area contributed by atoms with Crippen molar-refractivity contribution in [2.24, 2.45) is 0 Å². The molecule has 6 heteroatoms. The summed E-state index contributed by atoms with van der Waals surface area (Å²) >= 11 is 0. The highest BCUT2D eigenvalue weighted by Gasteiger charge is 2.17. The maximum absolute atomic E-state index is 12.0. The number of carbonyl (C=O) groups excluding carboxylic acids is 1. The van der Waals surface area contributed by atoms with E-state index in [1.54, 1.807) is 44.6 Å². The van der Waals surface area contributed by atoms with Crippen molar-refractivity contribution in [1.29, 1.82) is 0 Å². The van der Waals surface area contributed by atoms with Gasteiger partial charge in [-0.2, -0.15) is 0 Å². The van der Waals surface area contributed by atoms with Gasteiger partial charge in [0.1, 0.15) is 28.6 Å². The third kappa shape index (κ3) is 4.03. The van der Waals surface area contributed by atoms with Crippen LogP contribution in [0.1, 0.15) is 21.5 Å². The smallest absolute Gasteiger partial charge is 0.342 e. The first kappa shape index (κ1) is 18.2. The van der Waals surface area contributed by atoms with E-state index in [-0.39, 0.29) is 11.3 Å². The summed E-state index contributed by atoms with van der Waals surface area (Å²) in [7, 11) is 5.87. The fourth-order valence-electron chi connectivity index (χ4n) is 2.33. The van der Waals surface area contributed by atoms with Gasteiger partial charge in [0.05, 0.1) is 28.4 Å². The SMILES string of the molecule is COC(=O)c1c(O)cc(OC)cc1C=Cc1ccc(OC)cc1OC. The molecule has 0 aliphatic rings. The average molecular weight is 344 g/mol. The Kier molecular flexibility index (Phi) is 5.89. The van der Waals surface area contributed by atoms with Crippen molar-refractivity contribution in [1.82, 2.24) is 0 Å². The Morgan fingerprint density at radius 3 is 2.16 bits per heavy atom. The zero-order chi connectivity index (χ0) is 18.4. The Bertz CT molecular complexity index is 795. The number of phenolic OH excluding ortho intramolecular Hbond substituents is 1. The second-order valence-corrected chi connectivity index (χ2v) is 5.04. The van der Waals surface area contributed by atoms with Crippen LogP contribution < -0.4 is 14.2 Å². The molecule has 6 nitrogen and oxygen atoms in total. The van der Waals surface area contributed by atoms with Gasteiger partial charge in [-0.05, 0) is 23.8 Å². The molecule has 0 unspecified atom stereocenters. The van der Waals surface area contributed by atoms with Crippen LogP contribution in [0.25, 0.3) is 12.2 Å². The first-order valence-electron chi connectivity index (χ1n) is 7.43. The fourth-order valence-corrected chi connectivity index (χ4v) is 2.33. The van der Waals surface area contributed by atoms with Crippen LogP contribution in [0.2, 0.25) is 0 Å². The number of carbonyl (C=O) groups is 1.